The van der Waals surface area contributed by atoms with E-state index in [1.165, 1.54) is 6.38 Å². The lowest BCUT2D eigenvalue weighted by atomic mass is 10.3. The Bertz CT molecular complexity index is 98.2. The molecule has 0 spiro atoms. The second-order valence-corrected chi connectivity index (χ2v) is 1.29. The van der Waals surface area contributed by atoms with Crippen LogP contribution in [0.2, 0.25) is 0 Å². The summed E-state index contributed by atoms with van der Waals surface area (Å²) in [5.74, 6) is -2.15. The van der Waals surface area contributed by atoms with E-state index in [4.69, 9.17) is 10.2 Å². The fraction of sp³-hybridized carbons (Fsp3) is 0.600. The molecule has 0 saturated heterocycles. The van der Waals surface area contributed by atoms with E-state index < -0.39 is 11.9 Å². The maximum atomic E-state index is 9.64. The zero-order chi connectivity index (χ0) is 8.57. The molecule has 0 aromatic carbocycles. The molecule has 0 aromatic rings. The number of carboxylic acids is 2. The molecule has 0 aromatic heterocycles. The Morgan fingerprint density at radius 1 is 1.10 bits per heavy atom. The van der Waals surface area contributed by atoms with Crippen molar-refractivity contribution in [2.45, 2.75) is 12.8 Å². The summed E-state index contributed by atoms with van der Waals surface area (Å²) in [7, 11) is 0. The fourth-order valence-electron chi connectivity index (χ4n) is 0.214. The Balaban J connectivity index is 0. The molecule has 10 heavy (non-hydrogen) atoms. The second kappa shape index (κ2) is 8.23. The van der Waals surface area contributed by atoms with E-state index in [0.29, 0.717) is 0 Å². The van der Waals surface area contributed by atoms with Crippen LogP contribution in [0.1, 0.15) is 12.8 Å². The number of alkyl halides is 1. The lowest BCUT2D eigenvalue weighted by Crippen LogP contribution is -2.00. The first kappa shape index (κ1) is 12.0. The summed E-state index contributed by atoms with van der Waals surface area (Å²) in [6.45, 7) is 0. The molecule has 0 saturated carbocycles. The molecule has 0 amide bonds. The van der Waals surface area contributed by atoms with E-state index in [1.807, 2.05) is 0 Å². The second-order valence-electron chi connectivity index (χ2n) is 1.29. The smallest absolute Gasteiger partial charge is 0.303 e. The minimum absolute atomic E-state index is 0.296. The van der Waals surface area contributed by atoms with Gasteiger partial charge in [-0.25, -0.2) is 0 Å². The van der Waals surface area contributed by atoms with E-state index >= 15 is 0 Å². The highest BCUT2D eigenvalue weighted by atomic mass is 35.5. The van der Waals surface area contributed by atoms with E-state index in [9.17, 15) is 9.59 Å². The summed E-state index contributed by atoms with van der Waals surface area (Å²) < 4.78 is 0. The number of halogens is 1. The predicted molar refractivity (Wildman–Crippen MR) is 36.3 cm³/mol. The minimum Gasteiger partial charge on any atom is -0.481 e. The Labute approximate surface area is 63.4 Å². The van der Waals surface area contributed by atoms with Gasteiger partial charge in [-0.05, 0) is 0 Å². The molecular weight excluding hydrogens is 160 g/mol. The van der Waals surface area contributed by atoms with Gasteiger partial charge in [0.25, 0.3) is 0 Å². The van der Waals surface area contributed by atoms with Crippen molar-refractivity contribution in [2.75, 3.05) is 6.38 Å². The van der Waals surface area contributed by atoms with Gasteiger partial charge in [-0.1, -0.05) is 0 Å². The number of carboxylic acid groups (broad SMARTS) is 2. The zero-order valence-electron chi connectivity index (χ0n) is 5.50. The first-order valence-electron chi connectivity index (χ1n) is 2.44. The van der Waals surface area contributed by atoms with Crippen molar-refractivity contribution in [3.8, 4) is 0 Å². The van der Waals surface area contributed by atoms with Gasteiger partial charge in [-0.3, -0.25) is 9.59 Å². The number of hydrogen-bond acceptors (Lipinski definition) is 2. The number of aliphatic carboxylic acids is 2. The minimum atomic E-state index is -1.08. The maximum Gasteiger partial charge on any atom is 0.303 e. The summed E-state index contributed by atoms with van der Waals surface area (Å²) in [4.78, 5) is 19.3. The summed E-state index contributed by atoms with van der Waals surface area (Å²) in [5.41, 5.74) is 0. The third-order valence-corrected chi connectivity index (χ3v) is 0.553. The van der Waals surface area contributed by atoms with Crippen molar-refractivity contribution >= 4 is 23.5 Å². The average molecular weight is 169 g/mol. The van der Waals surface area contributed by atoms with Gasteiger partial charge in [-0.15, -0.1) is 11.6 Å². The highest BCUT2D eigenvalue weighted by molar-refractivity contribution is 6.15. The normalized spacial score (nSPS) is 7.40. The van der Waals surface area contributed by atoms with E-state index in [2.05, 4.69) is 11.6 Å². The molecule has 0 bridgehead atoms. The number of hydrogen-bond donors (Lipinski definition) is 2. The summed E-state index contributed by atoms with van der Waals surface area (Å²) in [6.07, 6.45) is 0.880. The van der Waals surface area contributed by atoms with Crippen molar-refractivity contribution in [3.63, 3.8) is 0 Å². The van der Waals surface area contributed by atoms with Crippen LogP contribution in [0.15, 0.2) is 0 Å². The van der Waals surface area contributed by atoms with Crippen molar-refractivity contribution in [1.82, 2.24) is 0 Å². The lowest BCUT2D eigenvalue weighted by molar-refractivity contribution is -0.143. The number of rotatable bonds is 3. The molecule has 60 valence electrons. The molecule has 0 aliphatic rings. The van der Waals surface area contributed by atoms with Gasteiger partial charge < -0.3 is 10.2 Å². The number of carbonyl (C=O) groups is 2. The molecule has 0 aliphatic heterocycles. The molecule has 0 unspecified atom stereocenters. The summed E-state index contributed by atoms with van der Waals surface area (Å²) >= 11 is 4.64. The molecular formula is C5H9ClO4. The van der Waals surface area contributed by atoms with Crippen molar-refractivity contribution in [2.24, 2.45) is 0 Å². The van der Waals surface area contributed by atoms with Crippen LogP contribution >= 0.6 is 11.6 Å². The first-order valence-corrected chi connectivity index (χ1v) is 3.20. The van der Waals surface area contributed by atoms with E-state index in [-0.39, 0.29) is 12.8 Å². The largest absolute Gasteiger partial charge is 0.481 e. The maximum absolute atomic E-state index is 9.64. The Hall–Kier alpha value is -0.770. The molecule has 5 heteroatoms. The van der Waals surface area contributed by atoms with Gasteiger partial charge in [0.2, 0.25) is 0 Å². The van der Waals surface area contributed by atoms with Gasteiger partial charge in [-0.2, -0.15) is 0 Å². The lowest BCUT2D eigenvalue weighted by Gasteiger charge is -1.85. The van der Waals surface area contributed by atoms with Crippen molar-refractivity contribution < 1.29 is 19.8 Å². The summed E-state index contributed by atoms with van der Waals surface area (Å²) in [6, 6.07) is 0. The molecule has 0 radical (unpaired) electrons. The third kappa shape index (κ3) is 15.7. The van der Waals surface area contributed by atoms with Crippen molar-refractivity contribution in [3.05, 3.63) is 0 Å². The van der Waals surface area contributed by atoms with Gasteiger partial charge in [0, 0.05) is 6.38 Å². The van der Waals surface area contributed by atoms with Crippen LogP contribution in [0.5, 0.6) is 0 Å². The SMILES string of the molecule is CCl.O=C(O)CCC(=O)O. The van der Waals surface area contributed by atoms with Crippen LogP contribution in [-0.4, -0.2) is 28.5 Å². The molecule has 0 aliphatic carbocycles. The highest BCUT2D eigenvalue weighted by Crippen LogP contribution is 1.85. The quantitative estimate of drug-likeness (QED) is 0.611. The Morgan fingerprint density at radius 2 is 1.30 bits per heavy atom. The third-order valence-electron chi connectivity index (χ3n) is 0.553. The molecule has 2 N–H and O–H groups in total. The predicted octanol–water partition coefficient (Wildman–Crippen LogP) is 0.791. The highest BCUT2D eigenvalue weighted by Gasteiger charge is 2.00. The first-order chi connectivity index (χ1) is 4.63. The topological polar surface area (TPSA) is 74.6 Å². The summed E-state index contributed by atoms with van der Waals surface area (Å²) in [5, 5.41) is 15.8. The van der Waals surface area contributed by atoms with Crippen LogP contribution in [-0.2, 0) is 9.59 Å². The van der Waals surface area contributed by atoms with Gasteiger partial charge >= 0.3 is 11.9 Å². The van der Waals surface area contributed by atoms with Crippen LogP contribution in [0.25, 0.3) is 0 Å². The Kier molecular flexibility index (Phi) is 9.84. The average Bonchev–Trinajstić information content (AvgIpc) is 1.89. The fourth-order valence-corrected chi connectivity index (χ4v) is 0.214. The molecule has 0 rings (SSSR count). The molecule has 4 nitrogen and oxygen atoms in total. The van der Waals surface area contributed by atoms with Crippen LogP contribution < -0.4 is 0 Å². The van der Waals surface area contributed by atoms with Crippen molar-refractivity contribution in [1.29, 1.82) is 0 Å². The van der Waals surface area contributed by atoms with Gasteiger partial charge in [0.15, 0.2) is 0 Å². The van der Waals surface area contributed by atoms with Crippen LogP contribution in [0, 0.1) is 0 Å². The molecule has 0 heterocycles. The van der Waals surface area contributed by atoms with E-state index in [0.717, 1.165) is 0 Å². The van der Waals surface area contributed by atoms with Gasteiger partial charge in [0.05, 0.1) is 12.8 Å². The standard InChI is InChI=1S/C4H6O4.CH3Cl/c5-3(6)1-2-4(7)8;1-2/h1-2H2,(H,5,6)(H,7,8);1H3. The van der Waals surface area contributed by atoms with E-state index in [1.54, 1.807) is 0 Å². The van der Waals surface area contributed by atoms with Crippen LogP contribution in [0.4, 0.5) is 0 Å². The monoisotopic (exact) mass is 168 g/mol. The molecule has 0 fully saturated rings. The van der Waals surface area contributed by atoms with Gasteiger partial charge in [0.1, 0.15) is 0 Å². The molecule has 0 atom stereocenters. The Morgan fingerprint density at radius 3 is 1.40 bits per heavy atom. The van der Waals surface area contributed by atoms with Crippen LogP contribution in [0.3, 0.4) is 0 Å². The zero-order valence-corrected chi connectivity index (χ0v) is 6.26.